The van der Waals surface area contributed by atoms with Gasteiger partial charge in [-0.3, -0.25) is 4.79 Å². The molecule has 0 saturated carbocycles. The molecule has 2 aliphatic rings. The number of amides is 1. The molecule has 0 radical (unpaired) electrons. The summed E-state index contributed by atoms with van der Waals surface area (Å²) in [7, 11) is 0. The van der Waals surface area contributed by atoms with Crippen molar-refractivity contribution in [2.24, 2.45) is 0 Å². The van der Waals surface area contributed by atoms with Crippen molar-refractivity contribution < 1.29 is 4.79 Å². The summed E-state index contributed by atoms with van der Waals surface area (Å²) in [6.45, 7) is 2.93. The van der Waals surface area contributed by atoms with Crippen LogP contribution in [0.4, 0.5) is 0 Å². The summed E-state index contributed by atoms with van der Waals surface area (Å²) < 4.78 is 0. The van der Waals surface area contributed by atoms with E-state index < -0.39 is 0 Å². The second-order valence-electron chi connectivity index (χ2n) is 6.21. The zero-order chi connectivity index (χ0) is 14.7. The third-order valence-corrected chi connectivity index (χ3v) is 5.57. The monoisotopic (exact) mass is 304 g/mol. The van der Waals surface area contributed by atoms with E-state index >= 15 is 0 Å². The van der Waals surface area contributed by atoms with Gasteiger partial charge in [-0.15, -0.1) is 11.3 Å². The van der Waals surface area contributed by atoms with Gasteiger partial charge in [0.15, 0.2) is 0 Å². The molecular formula is C17H24N2OS. The highest BCUT2D eigenvalue weighted by molar-refractivity contribution is 7.09. The van der Waals surface area contributed by atoms with E-state index in [4.69, 9.17) is 0 Å². The molecule has 2 heterocycles. The first-order valence-electron chi connectivity index (χ1n) is 8.13. The molecule has 1 aliphatic carbocycles. The van der Waals surface area contributed by atoms with Crippen LogP contribution in [0, 0.1) is 6.92 Å². The van der Waals surface area contributed by atoms with Gasteiger partial charge in [-0.2, -0.15) is 0 Å². The lowest BCUT2D eigenvalue weighted by Crippen LogP contribution is -2.38. The minimum Gasteiger partial charge on any atom is -0.333 e. The quantitative estimate of drug-likeness (QED) is 0.776. The fourth-order valence-corrected chi connectivity index (χ4v) is 4.32. The highest BCUT2D eigenvalue weighted by Gasteiger charge is 2.30. The van der Waals surface area contributed by atoms with E-state index in [1.54, 1.807) is 11.3 Å². The Bertz CT molecular complexity index is 535. The first-order valence-corrected chi connectivity index (χ1v) is 9.01. The Morgan fingerprint density at radius 2 is 2.29 bits per heavy atom. The van der Waals surface area contributed by atoms with Crippen LogP contribution >= 0.6 is 11.3 Å². The van der Waals surface area contributed by atoms with E-state index in [-0.39, 0.29) is 6.04 Å². The summed E-state index contributed by atoms with van der Waals surface area (Å²) in [5.41, 5.74) is 2.42. The molecule has 0 spiro atoms. The maximum atomic E-state index is 12.7. The summed E-state index contributed by atoms with van der Waals surface area (Å²) in [5, 5.41) is 3.22. The molecule has 1 aromatic heterocycles. The molecule has 3 rings (SSSR count). The van der Waals surface area contributed by atoms with Crippen LogP contribution in [0.25, 0.3) is 0 Å². The number of hydrogen-bond donors (Lipinski definition) is 0. The highest BCUT2D eigenvalue weighted by atomic mass is 32.1. The molecule has 3 nitrogen and oxygen atoms in total. The van der Waals surface area contributed by atoms with Crippen molar-refractivity contribution >= 4 is 17.2 Å². The van der Waals surface area contributed by atoms with Crippen LogP contribution in [0.2, 0.25) is 0 Å². The number of carbonyl (C=O) groups excluding carboxylic acids is 1. The lowest BCUT2D eigenvalue weighted by molar-refractivity contribution is -0.134. The van der Waals surface area contributed by atoms with Crippen LogP contribution in [-0.4, -0.2) is 22.3 Å². The zero-order valence-corrected chi connectivity index (χ0v) is 13.6. The number of rotatable bonds is 3. The molecule has 0 N–H and O–H groups in total. The Morgan fingerprint density at radius 1 is 1.38 bits per heavy atom. The van der Waals surface area contributed by atoms with Gasteiger partial charge < -0.3 is 4.90 Å². The fourth-order valence-electron chi connectivity index (χ4n) is 3.37. The number of likely N-dealkylation sites (tertiary alicyclic amines) is 1. The summed E-state index contributed by atoms with van der Waals surface area (Å²) in [4.78, 5) is 19.4. The smallest absolute Gasteiger partial charge is 0.227 e. The van der Waals surface area contributed by atoms with Gasteiger partial charge in [-0.1, -0.05) is 11.6 Å². The van der Waals surface area contributed by atoms with Gasteiger partial charge in [0.2, 0.25) is 5.91 Å². The number of allylic oxidation sites excluding steroid dienone is 1. The fraction of sp³-hybridized carbons (Fsp3) is 0.647. The molecular weight excluding hydrogens is 280 g/mol. The summed E-state index contributed by atoms with van der Waals surface area (Å²) in [6.07, 6.45) is 11.1. The number of carbonyl (C=O) groups is 1. The minimum absolute atomic E-state index is 0.217. The van der Waals surface area contributed by atoms with E-state index in [1.165, 1.54) is 24.8 Å². The van der Waals surface area contributed by atoms with Gasteiger partial charge in [-0.25, -0.2) is 4.98 Å². The van der Waals surface area contributed by atoms with Gasteiger partial charge >= 0.3 is 0 Å². The van der Waals surface area contributed by atoms with Gasteiger partial charge in [-0.05, 0) is 51.9 Å². The van der Waals surface area contributed by atoms with Crippen LogP contribution in [0.5, 0.6) is 0 Å². The normalized spacial score (nSPS) is 23.0. The largest absolute Gasteiger partial charge is 0.333 e. The van der Waals surface area contributed by atoms with E-state index in [0.717, 1.165) is 42.9 Å². The predicted octanol–water partition coefficient (Wildman–Crippen LogP) is 4.40. The third kappa shape index (κ3) is 3.54. The van der Waals surface area contributed by atoms with E-state index in [0.29, 0.717) is 12.3 Å². The Kier molecular flexibility index (Phi) is 4.73. The number of thiazole rings is 1. The average Bonchev–Trinajstić information content (AvgIpc) is 2.95. The van der Waals surface area contributed by atoms with Crippen molar-refractivity contribution in [1.29, 1.82) is 0 Å². The maximum Gasteiger partial charge on any atom is 0.227 e. The van der Waals surface area contributed by atoms with Crippen molar-refractivity contribution in [2.75, 3.05) is 6.54 Å². The number of aromatic nitrogens is 1. The zero-order valence-electron chi connectivity index (χ0n) is 12.8. The summed E-state index contributed by atoms with van der Waals surface area (Å²) >= 11 is 1.70. The standard InChI is InChI=1S/C17H24N2OS/c1-13-12-21-17(18-13)15-9-5-6-10-19(15)16(20)11-14-7-3-2-4-8-14/h7,12,15H,2-6,8-11H2,1H3/t15-/m1/s1. The van der Waals surface area contributed by atoms with Crippen LogP contribution < -0.4 is 0 Å². The molecule has 1 aromatic rings. The maximum absolute atomic E-state index is 12.7. The first-order chi connectivity index (χ1) is 10.2. The second-order valence-corrected chi connectivity index (χ2v) is 7.10. The molecule has 4 heteroatoms. The van der Waals surface area contributed by atoms with E-state index in [1.807, 2.05) is 6.92 Å². The average molecular weight is 304 g/mol. The molecule has 1 saturated heterocycles. The minimum atomic E-state index is 0.217. The predicted molar refractivity (Wildman–Crippen MR) is 86.3 cm³/mol. The van der Waals surface area contributed by atoms with E-state index in [9.17, 15) is 4.79 Å². The molecule has 1 amide bonds. The topological polar surface area (TPSA) is 33.2 Å². The number of hydrogen-bond acceptors (Lipinski definition) is 3. The SMILES string of the molecule is Cc1csc([C@H]2CCCCN2C(=O)CC2=CCCCC2)n1. The molecule has 0 unspecified atom stereocenters. The summed E-state index contributed by atoms with van der Waals surface area (Å²) in [5.74, 6) is 0.306. The third-order valence-electron chi connectivity index (χ3n) is 4.51. The van der Waals surface area contributed by atoms with Crippen molar-refractivity contribution in [3.05, 3.63) is 27.7 Å². The van der Waals surface area contributed by atoms with Crippen molar-refractivity contribution in [1.82, 2.24) is 9.88 Å². The highest BCUT2D eigenvalue weighted by Crippen LogP contribution is 2.34. The van der Waals surface area contributed by atoms with Crippen LogP contribution in [0.3, 0.4) is 0 Å². The molecule has 21 heavy (non-hydrogen) atoms. The number of nitrogens with zero attached hydrogens (tertiary/aromatic N) is 2. The van der Waals surface area contributed by atoms with Gasteiger partial charge in [0.1, 0.15) is 5.01 Å². The molecule has 1 aliphatic heterocycles. The van der Waals surface area contributed by atoms with Crippen molar-refractivity contribution in [3.8, 4) is 0 Å². The molecule has 1 atom stereocenters. The Hall–Kier alpha value is -1.16. The molecule has 114 valence electrons. The first kappa shape index (κ1) is 14.8. The summed E-state index contributed by atoms with van der Waals surface area (Å²) in [6, 6.07) is 0.217. The van der Waals surface area contributed by atoms with Gasteiger partial charge in [0.05, 0.1) is 6.04 Å². The molecule has 1 fully saturated rings. The van der Waals surface area contributed by atoms with Crippen LogP contribution in [0.15, 0.2) is 17.0 Å². The molecule has 0 bridgehead atoms. The number of aryl methyl sites for hydroxylation is 1. The van der Waals surface area contributed by atoms with Crippen molar-refractivity contribution in [2.45, 2.75) is 64.3 Å². The molecule has 0 aromatic carbocycles. The Labute approximate surface area is 131 Å². The van der Waals surface area contributed by atoms with Gasteiger partial charge in [0.25, 0.3) is 0 Å². The van der Waals surface area contributed by atoms with Crippen LogP contribution in [-0.2, 0) is 4.79 Å². The van der Waals surface area contributed by atoms with E-state index in [2.05, 4.69) is 21.3 Å². The lowest BCUT2D eigenvalue weighted by Gasteiger charge is -2.35. The number of piperidine rings is 1. The van der Waals surface area contributed by atoms with Crippen LogP contribution in [0.1, 0.15) is 68.1 Å². The Morgan fingerprint density at radius 3 is 3.00 bits per heavy atom. The lowest BCUT2D eigenvalue weighted by atomic mass is 9.95. The van der Waals surface area contributed by atoms with Crippen molar-refractivity contribution in [3.63, 3.8) is 0 Å². The Balaban J connectivity index is 1.71. The second kappa shape index (κ2) is 6.73. The van der Waals surface area contributed by atoms with Gasteiger partial charge in [0, 0.05) is 24.0 Å².